The molecule has 4 atom stereocenters. The maximum atomic E-state index is 13.7. The van der Waals surface area contributed by atoms with Gasteiger partial charge in [0, 0.05) is 30.6 Å². The first-order valence-corrected chi connectivity index (χ1v) is 21.0. The molecule has 3 amide bonds. The molecule has 12 nitrogen and oxygen atoms in total. The summed E-state index contributed by atoms with van der Waals surface area (Å²) in [7, 11) is 3.59. The Morgan fingerprint density at radius 3 is 2.11 bits per heavy atom. The summed E-state index contributed by atoms with van der Waals surface area (Å²) >= 11 is 0. The summed E-state index contributed by atoms with van der Waals surface area (Å²) in [5.74, 6) is 1.99. The molecule has 12 heteroatoms. The number of ether oxygens (including phenoxy) is 1. The SMILES string of the molecule is COC(=O)NC(C(=O)N1CCCC1c1ncc(-c2ccc(-c3ccc(-c4cnc([C@@H]5CCCN5C(=O)CC(C)C)[nH]4)c4c3C3(CCCN3C)CC4)cc2)[nH]1)C(C)C. The van der Waals surface area contributed by atoms with Gasteiger partial charge >= 0.3 is 6.09 Å². The van der Waals surface area contributed by atoms with Crippen LogP contribution in [0.4, 0.5) is 4.79 Å². The van der Waals surface area contributed by atoms with Gasteiger partial charge in [0.1, 0.15) is 17.7 Å². The number of H-pyrrole nitrogens is 2. The van der Waals surface area contributed by atoms with Gasteiger partial charge < -0.3 is 29.8 Å². The van der Waals surface area contributed by atoms with Gasteiger partial charge in [-0.15, -0.1) is 0 Å². The minimum Gasteiger partial charge on any atom is -0.453 e. The minimum absolute atomic E-state index is 0.00116. The van der Waals surface area contributed by atoms with Crippen molar-refractivity contribution in [3.8, 4) is 33.6 Å². The average Bonchev–Trinajstić information content (AvgIpc) is 4.06. The summed E-state index contributed by atoms with van der Waals surface area (Å²) in [5.41, 5.74) is 9.47. The zero-order chi connectivity index (χ0) is 40.0. The lowest BCUT2D eigenvalue weighted by molar-refractivity contribution is -0.135. The van der Waals surface area contributed by atoms with Crippen LogP contribution in [-0.2, 0) is 26.3 Å². The van der Waals surface area contributed by atoms with Crippen molar-refractivity contribution in [1.82, 2.24) is 40.0 Å². The smallest absolute Gasteiger partial charge is 0.407 e. The molecule has 302 valence electrons. The molecule has 3 aliphatic heterocycles. The molecule has 3 N–H and O–H groups in total. The maximum Gasteiger partial charge on any atom is 0.407 e. The van der Waals surface area contributed by atoms with Gasteiger partial charge in [-0.05, 0) is 105 Å². The van der Waals surface area contributed by atoms with Crippen molar-refractivity contribution in [2.24, 2.45) is 11.8 Å². The van der Waals surface area contributed by atoms with Crippen LogP contribution < -0.4 is 5.32 Å². The van der Waals surface area contributed by atoms with Crippen molar-refractivity contribution in [3.63, 3.8) is 0 Å². The van der Waals surface area contributed by atoms with Crippen LogP contribution in [0.5, 0.6) is 0 Å². The Bertz CT molecular complexity index is 2120. The van der Waals surface area contributed by atoms with Crippen LogP contribution in [0.25, 0.3) is 33.6 Å². The monoisotopic (exact) mass is 774 g/mol. The van der Waals surface area contributed by atoms with Crippen LogP contribution >= 0.6 is 0 Å². The summed E-state index contributed by atoms with van der Waals surface area (Å²) in [6.07, 6.45) is 11.8. The molecule has 0 saturated carbocycles. The highest BCUT2D eigenvalue weighted by Gasteiger charge is 2.47. The Kier molecular flexibility index (Phi) is 10.7. The number of imidazole rings is 2. The summed E-state index contributed by atoms with van der Waals surface area (Å²) in [6.45, 7) is 10.5. The van der Waals surface area contributed by atoms with Crippen LogP contribution in [0.2, 0.25) is 0 Å². The number of alkyl carbamates (subject to hydrolysis) is 1. The molecule has 4 aromatic rings. The predicted molar refractivity (Wildman–Crippen MR) is 220 cm³/mol. The number of nitrogens with zero attached hydrogens (tertiary/aromatic N) is 5. The molecule has 2 aromatic heterocycles. The fourth-order valence-electron chi connectivity index (χ4n) is 10.2. The van der Waals surface area contributed by atoms with Gasteiger partial charge in [-0.2, -0.15) is 0 Å². The van der Waals surface area contributed by atoms with Gasteiger partial charge in [0.05, 0.1) is 43.0 Å². The third kappa shape index (κ3) is 7.15. The van der Waals surface area contributed by atoms with E-state index in [1.807, 2.05) is 36.0 Å². The van der Waals surface area contributed by atoms with Crippen molar-refractivity contribution in [2.45, 2.75) is 109 Å². The van der Waals surface area contributed by atoms with Crippen molar-refractivity contribution >= 4 is 17.9 Å². The quantitative estimate of drug-likeness (QED) is 0.150. The molecule has 57 heavy (non-hydrogen) atoms. The van der Waals surface area contributed by atoms with E-state index in [2.05, 4.69) is 77.5 Å². The van der Waals surface area contributed by atoms with Gasteiger partial charge in [0.2, 0.25) is 11.8 Å². The van der Waals surface area contributed by atoms with Crippen molar-refractivity contribution < 1.29 is 19.1 Å². The number of amides is 3. The highest BCUT2D eigenvalue weighted by molar-refractivity contribution is 5.86. The molecule has 1 spiro atoms. The minimum atomic E-state index is -0.676. The van der Waals surface area contributed by atoms with E-state index < -0.39 is 12.1 Å². The summed E-state index contributed by atoms with van der Waals surface area (Å²) in [4.78, 5) is 62.2. The average molecular weight is 775 g/mol. The number of hydrogen-bond donors (Lipinski definition) is 3. The molecule has 3 saturated heterocycles. The van der Waals surface area contributed by atoms with Crippen LogP contribution in [0, 0.1) is 11.8 Å². The van der Waals surface area contributed by atoms with E-state index >= 15 is 0 Å². The number of rotatable bonds is 10. The zero-order valence-corrected chi connectivity index (χ0v) is 34.4. The van der Waals surface area contributed by atoms with Crippen LogP contribution in [0.1, 0.15) is 114 Å². The lowest BCUT2D eigenvalue weighted by atomic mass is 9.82. The molecule has 1 aliphatic carbocycles. The normalized spacial score (nSPS) is 22.6. The Morgan fingerprint density at radius 2 is 1.46 bits per heavy atom. The van der Waals surface area contributed by atoms with Gasteiger partial charge in [0.25, 0.3) is 0 Å². The number of nitrogens with one attached hydrogen (secondary N) is 3. The van der Waals surface area contributed by atoms with E-state index in [9.17, 15) is 14.4 Å². The topological polar surface area (TPSA) is 140 Å². The summed E-state index contributed by atoms with van der Waals surface area (Å²) in [5, 5.41) is 2.73. The van der Waals surface area contributed by atoms with Crippen molar-refractivity contribution in [2.75, 3.05) is 33.8 Å². The number of fused-ring (bicyclic) bond motifs is 2. The highest BCUT2D eigenvalue weighted by atomic mass is 16.5. The molecule has 0 radical (unpaired) electrons. The Labute approximate surface area is 336 Å². The molecular weight excluding hydrogens is 717 g/mol. The zero-order valence-electron chi connectivity index (χ0n) is 34.4. The van der Waals surface area contributed by atoms with Gasteiger partial charge in [-0.1, -0.05) is 64.1 Å². The van der Waals surface area contributed by atoms with Crippen LogP contribution in [-0.4, -0.2) is 92.4 Å². The van der Waals surface area contributed by atoms with Gasteiger partial charge in [-0.3, -0.25) is 14.5 Å². The van der Waals surface area contributed by atoms with E-state index in [-0.39, 0.29) is 35.4 Å². The van der Waals surface area contributed by atoms with E-state index in [1.165, 1.54) is 41.3 Å². The fourth-order valence-corrected chi connectivity index (χ4v) is 10.2. The number of aromatic amines is 2. The number of benzene rings is 2. The summed E-state index contributed by atoms with van der Waals surface area (Å²) in [6, 6.07) is 12.5. The first-order chi connectivity index (χ1) is 27.5. The number of carbonyl (C=O) groups is 3. The fraction of sp³-hybridized carbons (Fsp3) is 0.533. The van der Waals surface area contributed by atoms with E-state index in [0.717, 1.165) is 86.6 Å². The second-order valence-corrected chi connectivity index (χ2v) is 17.4. The Balaban J connectivity index is 1.06. The molecule has 8 rings (SSSR count). The molecule has 3 unspecified atom stereocenters. The Morgan fingerprint density at radius 1 is 0.825 bits per heavy atom. The lowest BCUT2D eigenvalue weighted by Gasteiger charge is -2.35. The predicted octanol–water partition coefficient (Wildman–Crippen LogP) is 7.75. The van der Waals surface area contributed by atoms with E-state index in [0.29, 0.717) is 18.9 Å². The standard InChI is InChI=1S/C45H58N8O4/c1-27(2)24-38(54)52-22-7-10-36(52)41-47-26-35(49-41)32-17-16-31(39-33(32)18-20-45(39)19-9-21-51(45)5)29-12-14-30(15-13-29)34-25-46-42(48-34)37-11-8-23-53(37)43(55)40(28(3)4)50-44(56)57-6/h12-17,25-28,36-37,40H,7-11,18-24H2,1-6H3,(H,46,48)(H,47,49)(H,50,56)/t36-,37?,40?,45?/m0/s1. The lowest BCUT2D eigenvalue weighted by Crippen LogP contribution is -2.51. The maximum absolute atomic E-state index is 13.7. The molecule has 3 fully saturated rings. The number of carbonyl (C=O) groups excluding carboxylic acids is 3. The second-order valence-electron chi connectivity index (χ2n) is 17.4. The third-order valence-electron chi connectivity index (χ3n) is 13.1. The molecule has 2 aromatic carbocycles. The van der Waals surface area contributed by atoms with Crippen molar-refractivity contribution in [3.05, 3.63) is 71.6 Å². The molecule has 5 heterocycles. The second kappa shape index (κ2) is 15.8. The first-order valence-electron chi connectivity index (χ1n) is 21.0. The highest BCUT2D eigenvalue weighted by Crippen LogP contribution is 2.53. The largest absolute Gasteiger partial charge is 0.453 e. The number of likely N-dealkylation sites (tertiary alicyclic amines) is 3. The van der Waals surface area contributed by atoms with Crippen molar-refractivity contribution in [1.29, 1.82) is 0 Å². The third-order valence-corrected chi connectivity index (χ3v) is 13.1. The van der Waals surface area contributed by atoms with E-state index in [1.54, 1.807) is 0 Å². The number of hydrogen-bond acceptors (Lipinski definition) is 7. The Hall–Kier alpha value is -4.97. The number of methoxy groups -OCH3 is 1. The summed E-state index contributed by atoms with van der Waals surface area (Å²) < 4.78 is 4.80. The molecule has 4 aliphatic rings. The first kappa shape index (κ1) is 38.9. The molecule has 0 bridgehead atoms. The van der Waals surface area contributed by atoms with Crippen LogP contribution in [0.3, 0.4) is 0 Å². The molecular formula is C45H58N8O4. The van der Waals surface area contributed by atoms with Crippen LogP contribution in [0.15, 0.2) is 48.8 Å². The van der Waals surface area contributed by atoms with Gasteiger partial charge in [-0.25, -0.2) is 14.8 Å². The number of aromatic nitrogens is 4. The van der Waals surface area contributed by atoms with E-state index in [4.69, 9.17) is 14.7 Å². The van der Waals surface area contributed by atoms with Gasteiger partial charge in [0.15, 0.2) is 0 Å².